The number of hydrogen-bond donors (Lipinski definition) is 3. The fraction of sp³-hybridized carbons (Fsp3) is 0.923. The maximum atomic E-state index is 8.40. The topological polar surface area (TPSA) is 70.6 Å². The molecule has 2 atom stereocenters. The van der Waals surface area contributed by atoms with E-state index < -0.39 is 0 Å². The predicted molar refractivity (Wildman–Crippen MR) is 71.3 cm³/mol. The molecule has 0 aliphatic heterocycles. The highest BCUT2D eigenvalue weighted by Crippen LogP contribution is 2.26. The van der Waals surface area contributed by atoms with Gasteiger partial charge in [-0.05, 0) is 38.1 Å². The van der Waals surface area contributed by atoms with Crippen molar-refractivity contribution in [3.05, 3.63) is 0 Å². The zero-order valence-electron chi connectivity index (χ0n) is 11.0. The molecule has 0 heterocycles. The number of nitrogens with one attached hydrogen (secondary N) is 1. The van der Waals surface area contributed by atoms with Gasteiger partial charge in [0.15, 0.2) is 0 Å². The van der Waals surface area contributed by atoms with Crippen molar-refractivity contribution < 1.29 is 5.21 Å². The monoisotopic (exact) mass is 241 g/mol. The van der Waals surface area contributed by atoms with Crippen LogP contribution in [0.25, 0.3) is 0 Å². The number of nitrogens with zero attached hydrogens (tertiary/aromatic N) is 1. The predicted octanol–water partition coefficient (Wildman–Crippen LogP) is 2.46. The Hall–Kier alpha value is -0.770. The molecular formula is C13H27N3O. The summed E-state index contributed by atoms with van der Waals surface area (Å²) >= 11 is 0. The summed E-state index contributed by atoms with van der Waals surface area (Å²) in [6.07, 6.45) is 9.57. The summed E-state index contributed by atoms with van der Waals surface area (Å²) in [5, 5.41) is 15.0. The minimum absolute atomic E-state index is 0.341. The third-order valence-electron chi connectivity index (χ3n) is 3.78. The highest BCUT2D eigenvalue weighted by molar-refractivity contribution is 5.79. The molecule has 1 aliphatic carbocycles. The minimum Gasteiger partial charge on any atom is -0.409 e. The second kappa shape index (κ2) is 8.34. The molecule has 0 aromatic carbocycles. The van der Waals surface area contributed by atoms with E-state index in [2.05, 4.69) is 17.4 Å². The van der Waals surface area contributed by atoms with Crippen molar-refractivity contribution in [1.82, 2.24) is 5.32 Å². The van der Waals surface area contributed by atoms with Crippen LogP contribution in [-0.2, 0) is 0 Å². The van der Waals surface area contributed by atoms with E-state index in [1.54, 1.807) is 0 Å². The van der Waals surface area contributed by atoms with Crippen LogP contribution < -0.4 is 11.1 Å². The lowest BCUT2D eigenvalue weighted by Crippen LogP contribution is -2.34. The highest BCUT2D eigenvalue weighted by atomic mass is 16.4. The zero-order chi connectivity index (χ0) is 12.5. The van der Waals surface area contributed by atoms with Gasteiger partial charge in [-0.1, -0.05) is 31.3 Å². The van der Waals surface area contributed by atoms with Crippen LogP contribution in [0.1, 0.15) is 58.3 Å². The molecule has 17 heavy (non-hydrogen) atoms. The molecule has 4 N–H and O–H groups in total. The Morgan fingerprint density at radius 3 is 2.94 bits per heavy atom. The standard InChI is InChI=1S/C13H27N3O/c1-2-11-6-5-7-12(10-11)15-9-4-3-8-13(14)16-17/h11-12,15,17H,2-10H2,1H3,(H2,14,16). The van der Waals surface area contributed by atoms with Crippen molar-refractivity contribution in [2.75, 3.05) is 6.54 Å². The SMILES string of the molecule is CCC1CCCC(NCCCCC(N)=NO)C1. The molecule has 0 saturated heterocycles. The first-order chi connectivity index (χ1) is 8.26. The summed E-state index contributed by atoms with van der Waals surface area (Å²) in [7, 11) is 0. The van der Waals surface area contributed by atoms with Crippen molar-refractivity contribution in [3.63, 3.8) is 0 Å². The van der Waals surface area contributed by atoms with Crippen molar-refractivity contribution in [3.8, 4) is 0 Å². The summed E-state index contributed by atoms with van der Waals surface area (Å²) in [5.74, 6) is 1.27. The number of oxime groups is 1. The first-order valence-electron chi connectivity index (χ1n) is 6.96. The van der Waals surface area contributed by atoms with E-state index >= 15 is 0 Å². The Morgan fingerprint density at radius 1 is 1.41 bits per heavy atom. The average molecular weight is 241 g/mol. The minimum atomic E-state index is 0.341. The molecule has 0 aromatic rings. The molecule has 1 aliphatic rings. The van der Waals surface area contributed by atoms with E-state index in [0.717, 1.165) is 31.3 Å². The van der Waals surface area contributed by atoms with E-state index in [1.807, 2.05) is 0 Å². The van der Waals surface area contributed by atoms with E-state index in [4.69, 9.17) is 10.9 Å². The molecule has 0 amide bonds. The van der Waals surface area contributed by atoms with Crippen LogP contribution in [-0.4, -0.2) is 23.6 Å². The summed E-state index contributed by atoms with van der Waals surface area (Å²) in [6, 6.07) is 0.720. The van der Waals surface area contributed by atoms with Gasteiger partial charge in [-0.2, -0.15) is 0 Å². The third-order valence-corrected chi connectivity index (χ3v) is 3.78. The van der Waals surface area contributed by atoms with Gasteiger partial charge in [0, 0.05) is 12.5 Å². The highest BCUT2D eigenvalue weighted by Gasteiger charge is 2.19. The lowest BCUT2D eigenvalue weighted by molar-refractivity contribution is 0.279. The van der Waals surface area contributed by atoms with Crippen LogP contribution in [0.3, 0.4) is 0 Å². The second-order valence-corrected chi connectivity index (χ2v) is 5.14. The Bertz CT molecular complexity index is 231. The summed E-state index contributed by atoms with van der Waals surface area (Å²) in [5.41, 5.74) is 5.41. The van der Waals surface area contributed by atoms with Gasteiger partial charge in [-0.15, -0.1) is 0 Å². The molecule has 4 heteroatoms. The van der Waals surface area contributed by atoms with Crippen molar-refractivity contribution in [2.24, 2.45) is 16.8 Å². The normalized spacial score (nSPS) is 26.1. The van der Waals surface area contributed by atoms with Gasteiger partial charge in [-0.3, -0.25) is 0 Å². The van der Waals surface area contributed by atoms with Crippen LogP contribution in [0, 0.1) is 5.92 Å². The first-order valence-corrected chi connectivity index (χ1v) is 6.96. The van der Waals surface area contributed by atoms with E-state index in [-0.39, 0.29) is 0 Å². The first kappa shape index (κ1) is 14.3. The third kappa shape index (κ3) is 5.91. The molecule has 1 rings (SSSR count). The molecule has 100 valence electrons. The van der Waals surface area contributed by atoms with Crippen LogP contribution >= 0.6 is 0 Å². The Labute approximate surface area is 105 Å². The van der Waals surface area contributed by atoms with E-state index in [0.29, 0.717) is 12.3 Å². The molecule has 0 bridgehead atoms. The summed E-state index contributed by atoms with van der Waals surface area (Å²) in [6.45, 7) is 3.35. The van der Waals surface area contributed by atoms with Crippen LogP contribution in [0.2, 0.25) is 0 Å². The lowest BCUT2D eigenvalue weighted by atomic mass is 9.84. The Balaban J connectivity index is 2.02. The molecule has 0 radical (unpaired) electrons. The average Bonchev–Trinajstić information content (AvgIpc) is 2.38. The number of amidine groups is 1. The van der Waals surface area contributed by atoms with Crippen LogP contribution in [0.4, 0.5) is 0 Å². The zero-order valence-corrected chi connectivity index (χ0v) is 11.0. The Kier molecular flexibility index (Phi) is 7.01. The summed E-state index contributed by atoms with van der Waals surface area (Å²) < 4.78 is 0. The lowest BCUT2D eigenvalue weighted by Gasteiger charge is -2.29. The second-order valence-electron chi connectivity index (χ2n) is 5.14. The van der Waals surface area contributed by atoms with E-state index in [1.165, 1.54) is 32.1 Å². The van der Waals surface area contributed by atoms with Crippen molar-refractivity contribution in [1.29, 1.82) is 0 Å². The Morgan fingerprint density at radius 2 is 2.24 bits per heavy atom. The smallest absolute Gasteiger partial charge is 0.139 e. The fourth-order valence-electron chi connectivity index (χ4n) is 2.63. The van der Waals surface area contributed by atoms with Gasteiger partial charge >= 0.3 is 0 Å². The van der Waals surface area contributed by atoms with Gasteiger partial charge in [-0.25, -0.2) is 0 Å². The molecule has 0 spiro atoms. The molecule has 0 aromatic heterocycles. The maximum Gasteiger partial charge on any atom is 0.139 e. The number of unbranched alkanes of at least 4 members (excludes halogenated alkanes) is 1. The quantitative estimate of drug-likeness (QED) is 0.211. The van der Waals surface area contributed by atoms with Crippen LogP contribution in [0.15, 0.2) is 5.16 Å². The van der Waals surface area contributed by atoms with Gasteiger partial charge in [0.05, 0.1) is 0 Å². The largest absolute Gasteiger partial charge is 0.409 e. The van der Waals surface area contributed by atoms with Crippen molar-refractivity contribution >= 4 is 5.84 Å². The number of rotatable bonds is 7. The van der Waals surface area contributed by atoms with E-state index in [9.17, 15) is 0 Å². The number of hydrogen-bond acceptors (Lipinski definition) is 3. The molecular weight excluding hydrogens is 214 g/mol. The fourth-order valence-corrected chi connectivity index (χ4v) is 2.63. The molecule has 4 nitrogen and oxygen atoms in total. The van der Waals surface area contributed by atoms with Gasteiger partial charge in [0.2, 0.25) is 0 Å². The van der Waals surface area contributed by atoms with Crippen molar-refractivity contribution in [2.45, 2.75) is 64.3 Å². The maximum absolute atomic E-state index is 8.40. The van der Waals surface area contributed by atoms with Gasteiger partial charge < -0.3 is 16.3 Å². The molecule has 2 unspecified atom stereocenters. The van der Waals surface area contributed by atoms with Gasteiger partial charge in [0.25, 0.3) is 0 Å². The summed E-state index contributed by atoms with van der Waals surface area (Å²) in [4.78, 5) is 0. The molecule has 1 saturated carbocycles. The van der Waals surface area contributed by atoms with Crippen LogP contribution in [0.5, 0.6) is 0 Å². The number of nitrogens with two attached hydrogens (primary N) is 1. The molecule has 1 fully saturated rings. The van der Waals surface area contributed by atoms with Gasteiger partial charge in [0.1, 0.15) is 5.84 Å².